The van der Waals surface area contributed by atoms with Crippen LogP contribution in [0.5, 0.6) is 0 Å². The lowest BCUT2D eigenvalue weighted by atomic mass is 10.1. The first-order chi connectivity index (χ1) is 10.1. The monoisotopic (exact) mass is 308 g/mol. The van der Waals surface area contributed by atoms with Gasteiger partial charge in [0.05, 0.1) is 0 Å². The Morgan fingerprint density at radius 2 is 1.95 bits per heavy atom. The maximum Gasteiger partial charge on any atom is 0.229 e. The number of nitrogens with one attached hydrogen (secondary N) is 2. The highest BCUT2D eigenvalue weighted by Gasteiger charge is 2.18. The number of amides is 2. The molecule has 1 aromatic carbocycles. The van der Waals surface area contributed by atoms with E-state index in [1.54, 1.807) is 0 Å². The molecule has 1 aromatic rings. The predicted octanol–water partition coefficient (Wildman–Crippen LogP) is 2.45. The lowest BCUT2D eigenvalue weighted by Crippen LogP contribution is -2.37. The highest BCUT2D eigenvalue weighted by atomic mass is 35.5. The molecule has 0 bridgehead atoms. The van der Waals surface area contributed by atoms with Gasteiger partial charge in [0, 0.05) is 17.6 Å². The summed E-state index contributed by atoms with van der Waals surface area (Å²) in [4.78, 5) is 23.4. The van der Waals surface area contributed by atoms with Crippen molar-refractivity contribution in [3.8, 4) is 0 Å². The maximum atomic E-state index is 11.7. The van der Waals surface area contributed by atoms with Gasteiger partial charge in [-0.1, -0.05) is 36.6 Å². The lowest BCUT2D eigenvalue weighted by molar-refractivity contribution is -0.129. The summed E-state index contributed by atoms with van der Waals surface area (Å²) >= 11 is 5.90. The van der Waals surface area contributed by atoms with Crippen LogP contribution in [0.1, 0.15) is 37.7 Å². The minimum atomic E-state index is -0.229. The molecule has 2 rings (SSSR count). The van der Waals surface area contributed by atoms with E-state index < -0.39 is 0 Å². The first-order valence-electron chi connectivity index (χ1n) is 7.44. The third-order valence-corrected chi connectivity index (χ3v) is 3.90. The fourth-order valence-electron chi connectivity index (χ4n) is 2.60. The smallest absolute Gasteiger partial charge is 0.229 e. The molecule has 114 valence electrons. The van der Waals surface area contributed by atoms with Gasteiger partial charge in [-0.2, -0.15) is 0 Å². The number of hydrogen-bond donors (Lipinski definition) is 2. The number of halogens is 1. The number of hydrogen-bond acceptors (Lipinski definition) is 2. The van der Waals surface area contributed by atoms with E-state index in [9.17, 15) is 9.59 Å². The van der Waals surface area contributed by atoms with Crippen LogP contribution in [-0.4, -0.2) is 24.4 Å². The van der Waals surface area contributed by atoms with E-state index in [1.807, 2.05) is 24.3 Å². The molecule has 0 aliphatic heterocycles. The minimum Gasteiger partial charge on any atom is -0.355 e. The summed E-state index contributed by atoms with van der Waals surface area (Å²) in [5.41, 5.74) is 1.07. The van der Waals surface area contributed by atoms with Crippen LogP contribution in [0.2, 0.25) is 5.02 Å². The van der Waals surface area contributed by atoms with Crippen LogP contribution in [0.4, 0.5) is 0 Å². The average molecular weight is 309 g/mol. The highest BCUT2D eigenvalue weighted by molar-refractivity contribution is 6.30. The summed E-state index contributed by atoms with van der Waals surface area (Å²) in [6, 6.07) is 7.80. The standard InChI is InChI=1S/C16H21ClN2O2/c17-13-5-3-4-12(10-13)8-9-18-15(20)11-16(21)19-14-6-1-2-7-14/h3-5,10,14H,1-2,6-9,11H2,(H,18,20)(H,19,21). The van der Waals surface area contributed by atoms with Crippen LogP contribution < -0.4 is 10.6 Å². The molecule has 1 aliphatic rings. The molecule has 0 aromatic heterocycles. The molecule has 0 unspecified atom stereocenters. The summed E-state index contributed by atoms with van der Waals surface area (Å²) in [6.07, 6.45) is 5.00. The maximum absolute atomic E-state index is 11.7. The molecule has 0 saturated heterocycles. The first-order valence-corrected chi connectivity index (χ1v) is 7.82. The van der Waals surface area contributed by atoms with Crippen molar-refractivity contribution in [2.45, 2.75) is 44.6 Å². The van der Waals surface area contributed by atoms with Crippen molar-refractivity contribution in [1.29, 1.82) is 0 Å². The largest absolute Gasteiger partial charge is 0.355 e. The summed E-state index contributed by atoms with van der Waals surface area (Å²) < 4.78 is 0. The SMILES string of the molecule is O=C(CC(=O)NC1CCCC1)NCCc1cccc(Cl)c1. The van der Waals surface area contributed by atoms with E-state index in [1.165, 1.54) is 0 Å². The normalized spacial score (nSPS) is 14.9. The Labute approximate surface area is 130 Å². The Balaban J connectivity index is 1.63. The Kier molecular flexibility index (Phi) is 6.05. The molecule has 4 nitrogen and oxygen atoms in total. The number of rotatable bonds is 6. The molecular formula is C16H21ClN2O2. The fourth-order valence-corrected chi connectivity index (χ4v) is 2.81. The summed E-state index contributed by atoms with van der Waals surface area (Å²) in [5, 5.41) is 6.36. The van der Waals surface area contributed by atoms with E-state index >= 15 is 0 Å². The van der Waals surface area contributed by atoms with Crippen LogP contribution >= 0.6 is 11.6 Å². The van der Waals surface area contributed by atoms with Crippen LogP contribution in [-0.2, 0) is 16.0 Å². The Morgan fingerprint density at radius 3 is 2.67 bits per heavy atom. The highest BCUT2D eigenvalue weighted by Crippen LogP contribution is 2.17. The molecule has 21 heavy (non-hydrogen) atoms. The van der Waals surface area contributed by atoms with Crippen LogP contribution in [0.3, 0.4) is 0 Å². The van der Waals surface area contributed by atoms with Gasteiger partial charge in [-0.05, 0) is 37.0 Å². The Bertz CT molecular complexity index is 499. The molecule has 2 amide bonds. The minimum absolute atomic E-state index is 0.0912. The molecule has 0 radical (unpaired) electrons. The van der Waals surface area contributed by atoms with Crippen LogP contribution in [0.15, 0.2) is 24.3 Å². The number of carbonyl (C=O) groups is 2. The quantitative estimate of drug-likeness (QED) is 0.793. The van der Waals surface area contributed by atoms with Gasteiger partial charge in [-0.15, -0.1) is 0 Å². The van der Waals surface area contributed by atoms with Gasteiger partial charge in [-0.3, -0.25) is 9.59 Å². The number of carbonyl (C=O) groups excluding carboxylic acids is 2. The average Bonchev–Trinajstić information content (AvgIpc) is 2.91. The molecular weight excluding hydrogens is 288 g/mol. The fraction of sp³-hybridized carbons (Fsp3) is 0.500. The van der Waals surface area contributed by atoms with Crippen molar-refractivity contribution >= 4 is 23.4 Å². The summed E-state index contributed by atoms with van der Waals surface area (Å²) in [5.74, 6) is -0.408. The van der Waals surface area contributed by atoms with Gasteiger partial charge in [0.15, 0.2) is 0 Å². The predicted molar refractivity (Wildman–Crippen MR) is 83.2 cm³/mol. The van der Waals surface area contributed by atoms with Crippen molar-refractivity contribution in [3.63, 3.8) is 0 Å². The van der Waals surface area contributed by atoms with Crippen LogP contribution in [0.25, 0.3) is 0 Å². The summed E-state index contributed by atoms with van der Waals surface area (Å²) in [6.45, 7) is 0.510. The first kappa shape index (κ1) is 15.8. The molecule has 0 atom stereocenters. The van der Waals surface area contributed by atoms with E-state index in [2.05, 4.69) is 10.6 Å². The molecule has 0 spiro atoms. The molecule has 2 N–H and O–H groups in total. The summed E-state index contributed by atoms with van der Waals surface area (Å²) in [7, 11) is 0. The van der Waals surface area contributed by atoms with Crippen molar-refractivity contribution in [2.75, 3.05) is 6.54 Å². The van der Waals surface area contributed by atoms with Crippen molar-refractivity contribution in [1.82, 2.24) is 10.6 Å². The molecule has 1 aliphatic carbocycles. The molecule has 5 heteroatoms. The molecule has 1 saturated carbocycles. The second kappa shape index (κ2) is 8.03. The molecule has 1 fully saturated rings. The number of benzene rings is 1. The zero-order chi connectivity index (χ0) is 15.1. The van der Waals surface area contributed by atoms with Gasteiger partial charge in [0.1, 0.15) is 6.42 Å². The Hall–Kier alpha value is -1.55. The van der Waals surface area contributed by atoms with E-state index in [0.717, 1.165) is 31.2 Å². The lowest BCUT2D eigenvalue weighted by Gasteiger charge is -2.11. The van der Waals surface area contributed by atoms with E-state index in [4.69, 9.17) is 11.6 Å². The second-order valence-corrected chi connectivity index (χ2v) is 5.89. The molecule has 0 heterocycles. The second-order valence-electron chi connectivity index (χ2n) is 5.46. The van der Waals surface area contributed by atoms with Crippen molar-refractivity contribution in [2.24, 2.45) is 0 Å². The van der Waals surface area contributed by atoms with Gasteiger partial charge >= 0.3 is 0 Å². The van der Waals surface area contributed by atoms with Gasteiger partial charge in [0.2, 0.25) is 11.8 Å². The zero-order valence-electron chi connectivity index (χ0n) is 12.0. The van der Waals surface area contributed by atoms with Gasteiger partial charge in [0.25, 0.3) is 0 Å². The van der Waals surface area contributed by atoms with Crippen molar-refractivity contribution < 1.29 is 9.59 Å². The van der Waals surface area contributed by atoms with Gasteiger partial charge in [-0.25, -0.2) is 0 Å². The van der Waals surface area contributed by atoms with Crippen LogP contribution in [0, 0.1) is 0 Å². The Morgan fingerprint density at radius 1 is 1.19 bits per heavy atom. The third kappa shape index (κ3) is 5.76. The van der Waals surface area contributed by atoms with Gasteiger partial charge < -0.3 is 10.6 Å². The van der Waals surface area contributed by atoms with Crippen molar-refractivity contribution in [3.05, 3.63) is 34.9 Å². The topological polar surface area (TPSA) is 58.2 Å². The third-order valence-electron chi connectivity index (χ3n) is 3.67. The zero-order valence-corrected chi connectivity index (χ0v) is 12.8. The van der Waals surface area contributed by atoms with E-state index in [-0.39, 0.29) is 24.3 Å². The van der Waals surface area contributed by atoms with E-state index in [0.29, 0.717) is 18.0 Å².